The van der Waals surface area contributed by atoms with Gasteiger partial charge in [0.2, 0.25) is 5.91 Å². The molecule has 0 saturated carbocycles. The lowest BCUT2D eigenvalue weighted by atomic mass is 10.0. The molecule has 1 atom stereocenters. The van der Waals surface area contributed by atoms with E-state index in [1.165, 1.54) is 22.2 Å². The van der Waals surface area contributed by atoms with Crippen molar-refractivity contribution in [2.75, 3.05) is 6.54 Å². The average molecular weight is 379 g/mol. The van der Waals surface area contributed by atoms with Gasteiger partial charge < -0.3 is 4.90 Å². The highest BCUT2D eigenvalue weighted by molar-refractivity contribution is 7.18. The van der Waals surface area contributed by atoms with Crippen LogP contribution >= 0.6 is 11.3 Å². The third-order valence-electron chi connectivity index (χ3n) is 5.48. The highest BCUT2D eigenvalue weighted by Gasteiger charge is 2.29. The molecule has 0 bridgehead atoms. The Morgan fingerprint density at radius 2 is 1.89 bits per heavy atom. The molecule has 3 aromatic rings. The molecule has 1 unspecified atom stereocenters. The quantitative estimate of drug-likeness (QED) is 0.583. The number of para-hydroxylation sites is 1. The van der Waals surface area contributed by atoms with Crippen LogP contribution in [0.1, 0.15) is 54.8 Å². The number of piperidine rings is 1. The third-order valence-corrected chi connectivity index (χ3v) is 6.62. The Morgan fingerprint density at radius 3 is 2.67 bits per heavy atom. The van der Waals surface area contributed by atoms with Crippen molar-refractivity contribution >= 4 is 27.5 Å². The highest BCUT2D eigenvalue weighted by atomic mass is 32.1. The van der Waals surface area contributed by atoms with E-state index in [-0.39, 0.29) is 11.9 Å². The van der Waals surface area contributed by atoms with E-state index in [1.54, 1.807) is 11.3 Å². The van der Waals surface area contributed by atoms with Gasteiger partial charge in [-0.05, 0) is 55.4 Å². The number of hydrogen-bond donors (Lipinski definition) is 0. The molecule has 1 aliphatic rings. The van der Waals surface area contributed by atoms with Gasteiger partial charge in [0.1, 0.15) is 5.01 Å². The van der Waals surface area contributed by atoms with Crippen LogP contribution in [-0.2, 0) is 17.6 Å². The predicted molar refractivity (Wildman–Crippen MR) is 112 cm³/mol. The molecule has 4 heteroatoms. The van der Waals surface area contributed by atoms with Gasteiger partial charge in [0.15, 0.2) is 0 Å². The molecule has 3 nitrogen and oxygen atoms in total. The Balaban J connectivity index is 1.46. The molecule has 0 spiro atoms. The van der Waals surface area contributed by atoms with Crippen LogP contribution in [-0.4, -0.2) is 22.3 Å². The summed E-state index contributed by atoms with van der Waals surface area (Å²) >= 11 is 1.74. The first-order valence-electron chi connectivity index (χ1n) is 9.97. The SMILES string of the molecule is CCc1ccc(CCC(=O)N2CCCCC2c2nc3ccccc3s2)cc1. The zero-order valence-electron chi connectivity index (χ0n) is 15.9. The Hall–Kier alpha value is -2.20. The van der Waals surface area contributed by atoms with E-state index < -0.39 is 0 Å². The molecule has 1 amide bonds. The maximum Gasteiger partial charge on any atom is 0.223 e. The van der Waals surface area contributed by atoms with E-state index in [9.17, 15) is 4.79 Å². The number of aryl methyl sites for hydroxylation is 2. The molecule has 0 N–H and O–H groups in total. The molecule has 1 aromatic heterocycles. The summed E-state index contributed by atoms with van der Waals surface area (Å²) in [4.78, 5) is 19.9. The monoisotopic (exact) mass is 378 g/mol. The van der Waals surface area contributed by atoms with E-state index in [2.05, 4.69) is 54.3 Å². The minimum atomic E-state index is 0.145. The number of thiazole rings is 1. The second-order valence-electron chi connectivity index (χ2n) is 7.29. The average Bonchev–Trinajstić information content (AvgIpc) is 3.16. The van der Waals surface area contributed by atoms with Crippen LogP contribution in [0.2, 0.25) is 0 Å². The Morgan fingerprint density at radius 1 is 1.11 bits per heavy atom. The summed E-state index contributed by atoms with van der Waals surface area (Å²) in [5.41, 5.74) is 3.64. The van der Waals surface area contributed by atoms with Gasteiger partial charge in [-0.2, -0.15) is 0 Å². The van der Waals surface area contributed by atoms with E-state index >= 15 is 0 Å². The van der Waals surface area contributed by atoms with Gasteiger partial charge >= 0.3 is 0 Å². The van der Waals surface area contributed by atoms with Gasteiger partial charge in [0.05, 0.1) is 16.3 Å². The van der Waals surface area contributed by atoms with Gasteiger partial charge in [-0.3, -0.25) is 4.79 Å². The largest absolute Gasteiger partial charge is 0.333 e. The summed E-state index contributed by atoms with van der Waals surface area (Å²) in [5.74, 6) is 0.263. The fourth-order valence-corrected chi connectivity index (χ4v) is 4.97. The number of nitrogens with zero attached hydrogens (tertiary/aromatic N) is 2. The molecule has 140 valence electrons. The first-order chi connectivity index (χ1) is 13.2. The molecule has 27 heavy (non-hydrogen) atoms. The van der Waals surface area contributed by atoms with Gasteiger partial charge in [-0.25, -0.2) is 4.98 Å². The molecular weight excluding hydrogens is 352 g/mol. The van der Waals surface area contributed by atoms with Crippen molar-refractivity contribution in [3.63, 3.8) is 0 Å². The fraction of sp³-hybridized carbons (Fsp3) is 0.391. The number of hydrogen-bond acceptors (Lipinski definition) is 3. The Kier molecular flexibility index (Phi) is 5.53. The van der Waals surface area contributed by atoms with Crippen LogP contribution in [0.4, 0.5) is 0 Å². The number of fused-ring (bicyclic) bond motifs is 1. The Bertz CT molecular complexity index is 883. The predicted octanol–water partition coefficient (Wildman–Crippen LogP) is 5.55. The van der Waals surface area contributed by atoms with Gasteiger partial charge in [-0.15, -0.1) is 11.3 Å². The lowest BCUT2D eigenvalue weighted by Crippen LogP contribution is -2.38. The van der Waals surface area contributed by atoms with Crippen molar-refractivity contribution in [3.8, 4) is 0 Å². The number of benzene rings is 2. The maximum atomic E-state index is 13.0. The first-order valence-corrected chi connectivity index (χ1v) is 10.8. The molecule has 2 heterocycles. The third kappa shape index (κ3) is 4.06. The minimum absolute atomic E-state index is 0.145. The normalized spacial score (nSPS) is 17.4. The summed E-state index contributed by atoms with van der Waals surface area (Å²) < 4.78 is 1.21. The van der Waals surface area contributed by atoms with Crippen LogP contribution in [0.3, 0.4) is 0 Å². The van der Waals surface area contributed by atoms with E-state index in [1.807, 2.05) is 6.07 Å². The summed E-state index contributed by atoms with van der Waals surface area (Å²) in [6.07, 6.45) is 5.73. The number of carbonyl (C=O) groups excluding carboxylic acids is 1. The minimum Gasteiger partial charge on any atom is -0.333 e. The van der Waals surface area contributed by atoms with Crippen molar-refractivity contribution in [1.82, 2.24) is 9.88 Å². The van der Waals surface area contributed by atoms with Crippen LogP contribution in [0, 0.1) is 0 Å². The van der Waals surface area contributed by atoms with E-state index in [0.29, 0.717) is 6.42 Å². The molecule has 1 aliphatic heterocycles. The molecule has 4 rings (SSSR count). The van der Waals surface area contributed by atoms with E-state index in [0.717, 1.165) is 42.8 Å². The Labute approximate surface area is 165 Å². The van der Waals surface area contributed by atoms with Crippen molar-refractivity contribution in [1.29, 1.82) is 0 Å². The smallest absolute Gasteiger partial charge is 0.223 e. The molecule has 0 aliphatic carbocycles. The zero-order chi connectivity index (χ0) is 18.6. The van der Waals surface area contributed by atoms with Crippen LogP contribution < -0.4 is 0 Å². The van der Waals surface area contributed by atoms with Crippen molar-refractivity contribution in [2.24, 2.45) is 0 Å². The number of amides is 1. The van der Waals surface area contributed by atoms with Crippen LogP contribution in [0.15, 0.2) is 48.5 Å². The zero-order valence-corrected chi connectivity index (χ0v) is 16.7. The summed E-state index contributed by atoms with van der Waals surface area (Å²) in [6, 6.07) is 17.1. The number of likely N-dealkylation sites (tertiary alicyclic amines) is 1. The van der Waals surface area contributed by atoms with Crippen molar-refractivity contribution in [2.45, 2.75) is 51.5 Å². The number of carbonyl (C=O) groups is 1. The summed E-state index contributed by atoms with van der Waals surface area (Å²) in [6.45, 7) is 3.02. The molecular formula is C23H26N2OS. The second-order valence-corrected chi connectivity index (χ2v) is 8.35. The highest BCUT2D eigenvalue weighted by Crippen LogP contribution is 2.36. The molecule has 2 aromatic carbocycles. The van der Waals surface area contributed by atoms with Crippen LogP contribution in [0.25, 0.3) is 10.2 Å². The maximum absolute atomic E-state index is 13.0. The topological polar surface area (TPSA) is 33.2 Å². The first kappa shape index (κ1) is 18.2. The lowest BCUT2D eigenvalue weighted by molar-refractivity contribution is -0.135. The van der Waals surface area contributed by atoms with Crippen molar-refractivity contribution < 1.29 is 4.79 Å². The van der Waals surface area contributed by atoms with Crippen molar-refractivity contribution in [3.05, 3.63) is 64.7 Å². The standard InChI is InChI=1S/C23H26N2OS/c1-2-17-10-12-18(13-11-17)14-15-22(26)25-16-6-5-8-20(25)23-24-19-7-3-4-9-21(19)27-23/h3-4,7,9-13,20H,2,5-6,8,14-16H2,1H3. The van der Waals surface area contributed by atoms with Crippen LogP contribution in [0.5, 0.6) is 0 Å². The second kappa shape index (κ2) is 8.22. The summed E-state index contributed by atoms with van der Waals surface area (Å²) in [7, 11) is 0. The van der Waals surface area contributed by atoms with Gasteiger partial charge in [0.25, 0.3) is 0 Å². The number of aromatic nitrogens is 1. The fourth-order valence-electron chi connectivity index (χ4n) is 3.86. The molecule has 1 saturated heterocycles. The number of rotatable bonds is 5. The summed E-state index contributed by atoms with van der Waals surface area (Å²) in [5, 5.41) is 1.09. The van der Waals surface area contributed by atoms with Gasteiger partial charge in [-0.1, -0.05) is 43.3 Å². The molecule has 1 fully saturated rings. The molecule has 0 radical (unpaired) electrons. The van der Waals surface area contributed by atoms with Gasteiger partial charge in [0, 0.05) is 13.0 Å². The lowest BCUT2D eigenvalue weighted by Gasteiger charge is -2.34. The van der Waals surface area contributed by atoms with E-state index in [4.69, 9.17) is 4.98 Å².